The van der Waals surface area contributed by atoms with Crippen LogP contribution in [0.1, 0.15) is 52.8 Å². The monoisotopic (exact) mass is 796 g/mol. The Bertz CT molecular complexity index is 1640. The molecule has 3 aromatic rings. The third-order valence-electron chi connectivity index (χ3n) is 7.84. The minimum atomic E-state index is -5.11. The average molecular weight is 797 g/mol. The number of alkyl halides is 4. The van der Waals surface area contributed by atoms with E-state index in [4.69, 9.17) is 24.1 Å². The van der Waals surface area contributed by atoms with Crippen molar-refractivity contribution >= 4 is 52.9 Å². The number of anilines is 3. The number of amides is 2. The first-order valence-electron chi connectivity index (χ1n) is 15.1. The van der Waals surface area contributed by atoms with E-state index in [0.717, 1.165) is 25.2 Å². The summed E-state index contributed by atoms with van der Waals surface area (Å²) in [6, 6.07) is 12.5. The second kappa shape index (κ2) is 14.5. The summed E-state index contributed by atoms with van der Waals surface area (Å²) in [6.07, 6.45) is -0.256. The van der Waals surface area contributed by atoms with Gasteiger partial charge in [0.05, 0.1) is 0 Å². The van der Waals surface area contributed by atoms with Crippen molar-refractivity contribution in [3.8, 4) is 5.75 Å². The maximum atomic E-state index is 13.4. The van der Waals surface area contributed by atoms with E-state index in [1.54, 1.807) is 13.8 Å². The predicted molar refractivity (Wildman–Crippen MR) is 182 cm³/mol. The van der Waals surface area contributed by atoms with Crippen LogP contribution in [0.2, 0.25) is 0 Å². The fourth-order valence-electron chi connectivity index (χ4n) is 6.16. The molecule has 0 saturated carbocycles. The fourth-order valence-corrected chi connectivity index (χ4v) is 7.95. The van der Waals surface area contributed by atoms with Crippen molar-refractivity contribution in [3.63, 3.8) is 0 Å². The van der Waals surface area contributed by atoms with E-state index in [0.29, 0.717) is 0 Å². The van der Waals surface area contributed by atoms with Crippen molar-refractivity contribution in [2.24, 2.45) is 0 Å². The largest absolute Gasteiger partial charge is 0.502 e. The first-order valence-corrected chi connectivity index (χ1v) is 20.6. The summed E-state index contributed by atoms with van der Waals surface area (Å²) in [6.45, 7) is 21.0. The Kier molecular flexibility index (Phi) is 11.4. The van der Waals surface area contributed by atoms with Crippen LogP contribution in [0.15, 0.2) is 42.5 Å². The molecule has 262 valence electrons. The van der Waals surface area contributed by atoms with Crippen LogP contribution in [-0.4, -0.2) is 47.5 Å². The third kappa shape index (κ3) is 7.58. The van der Waals surface area contributed by atoms with E-state index in [2.05, 4.69) is 82.3 Å². The number of hydrogen-bond donors (Lipinski definition) is 0. The van der Waals surface area contributed by atoms with E-state index in [1.165, 1.54) is 55.4 Å². The van der Waals surface area contributed by atoms with Crippen molar-refractivity contribution in [3.05, 3.63) is 88.1 Å². The molecule has 0 radical (unpaired) electrons. The van der Waals surface area contributed by atoms with E-state index >= 15 is 0 Å². The Morgan fingerprint density at radius 2 is 1.19 bits per heavy atom. The molecular formula is C35H38Cl2F4N3O3Ru-. The first kappa shape index (κ1) is 37.8. The summed E-state index contributed by atoms with van der Waals surface area (Å²) in [5.41, 5.74) is 10.6. The van der Waals surface area contributed by atoms with Gasteiger partial charge in [0.15, 0.2) is 0 Å². The smallest absolute Gasteiger partial charge is 0.0146 e. The van der Waals surface area contributed by atoms with Crippen LogP contribution in [0, 0.1) is 48.2 Å². The van der Waals surface area contributed by atoms with Gasteiger partial charge in [-0.15, -0.1) is 0 Å². The molecule has 48 heavy (non-hydrogen) atoms. The second-order valence-electron chi connectivity index (χ2n) is 12.3. The molecule has 2 fully saturated rings. The van der Waals surface area contributed by atoms with E-state index in [-0.39, 0.29) is 22.3 Å². The van der Waals surface area contributed by atoms with Crippen LogP contribution in [0.4, 0.5) is 34.6 Å². The maximum absolute atomic E-state index is 13.4. The molecule has 2 heterocycles. The number of benzene rings is 3. The second-order valence-corrected chi connectivity index (χ2v) is 18.0. The topological polar surface area (TPSA) is 53.1 Å². The molecular weight excluding hydrogens is 758 g/mol. The number of hydrogen-bond acceptors (Lipinski definition) is 5. The Morgan fingerprint density at radius 1 is 0.771 bits per heavy atom. The number of ether oxygens (including phenoxy) is 1. The summed E-state index contributed by atoms with van der Waals surface area (Å²) < 4.78 is 60.6. The van der Waals surface area contributed by atoms with E-state index in [1.807, 2.05) is 0 Å². The van der Waals surface area contributed by atoms with Gasteiger partial charge in [-0.2, -0.15) is 6.67 Å². The molecule has 0 N–H and O–H groups in total. The van der Waals surface area contributed by atoms with Gasteiger partial charge in [0, 0.05) is 24.5 Å². The molecule has 0 aliphatic carbocycles. The van der Waals surface area contributed by atoms with Gasteiger partial charge in [0.1, 0.15) is 0 Å². The van der Waals surface area contributed by atoms with Gasteiger partial charge < -0.3 is 9.80 Å². The minimum Gasteiger partial charge on any atom is -0.502 e. The molecule has 0 atom stereocenters. The number of nitrogens with zero attached hydrogens (tertiary/aromatic N) is 3. The summed E-state index contributed by atoms with van der Waals surface area (Å²) in [4.78, 5) is 27.9. The van der Waals surface area contributed by atoms with Gasteiger partial charge >= 0.3 is 153 Å². The zero-order valence-electron chi connectivity index (χ0n) is 27.9. The van der Waals surface area contributed by atoms with Crippen LogP contribution in [0.5, 0.6) is 5.75 Å². The van der Waals surface area contributed by atoms with Crippen molar-refractivity contribution < 1.29 is 45.4 Å². The van der Waals surface area contributed by atoms with Crippen molar-refractivity contribution in [1.29, 1.82) is 0 Å². The van der Waals surface area contributed by atoms with Gasteiger partial charge in [-0.25, -0.2) is 0 Å². The van der Waals surface area contributed by atoms with Crippen LogP contribution < -0.4 is 19.4 Å². The predicted octanol–water partition coefficient (Wildman–Crippen LogP) is 8.68. The number of rotatable bonds is 6. The summed E-state index contributed by atoms with van der Waals surface area (Å²) >= 11 is -2.40. The number of aryl methyl sites for hydroxylation is 6. The zero-order chi connectivity index (χ0) is 35.9. The van der Waals surface area contributed by atoms with Crippen molar-refractivity contribution in [2.75, 3.05) is 27.8 Å². The van der Waals surface area contributed by atoms with Crippen LogP contribution in [0.25, 0.3) is 0 Å². The van der Waals surface area contributed by atoms with Crippen LogP contribution in [0.3, 0.4) is 0 Å². The van der Waals surface area contributed by atoms with Gasteiger partial charge in [-0.1, -0.05) is 35.4 Å². The summed E-state index contributed by atoms with van der Waals surface area (Å²) in [5, 5.41) is 0. The maximum Gasteiger partial charge on any atom is 0.0146 e. The molecule has 5 rings (SSSR count). The van der Waals surface area contributed by atoms with Gasteiger partial charge in [-0.3, -0.25) is 0 Å². The molecule has 3 aromatic carbocycles. The van der Waals surface area contributed by atoms with Gasteiger partial charge in [0.2, 0.25) is 0 Å². The standard InChI is InChI=1S/C21H27N2.C14H11F4NO3.2ClH.Ru/c1-14-9-16(3)20(17(4)10-14)22-7-8-23(13-22)21-18(5)11-15(2)12-19(21)6;1-7(2)22-10-5-4-9(6-8(10)3)19-11(20)13(15,16)14(17,18)12(19)21;;;/h9-13H,7-8H2,1-6H3;3-7H,1-2H3;2*1H;/q-1;;;;+2/p-2. The Balaban J connectivity index is 0.000000217. The summed E-state index contributed by atoms with van der Waals surface area (Å²) in [5.74, 6) is -14.6. The van der Waals surface area contributed by atoms with E-state index in [9.17, 15) is 27.2 Å². The van der Waals surface area contributed by atoms with Crippen molar-refractivity contribution in [2.45, 2.75) is 73.3 Å². The molecule has 2 aliphatic rings. The number of carbonyl (C=O) groups excluding carboxylic acids is 2. The fraction of sp³-hybridized carbons (Fsp3) is 0.371. The Morgan fingerprint density at radius 3 is 1.56 bits per heavy atom. The van der Waals surface area contributed by atoms with Crippen molar-refractivity contribution in [1.82, 2.24) is 0 Å². The third-order valence-corrected chi connectivity index (χ3v) is 9.68. The average Bonchev–Trinajstić information content (AvgIpc) is 3.45. The summed E-state index contributed by atoms with van der Waals surface area (Å²) in [7, 11) is 11.6. The molecule has 2 saturated heterocycles. The molecule has 0 aromatic heterocycles. The normalized spacial score (nSPS) is 17.1. The molecule has 2 amide bonds. The molecule has 0 unspecified atom stereocenters. The Labute approximate surface area is 292 Å². The van der Waals surface area contributed by atoms with E-state index < -0.39 is 42.9 Å². The van der Waals surface area contributed by atoms with Gasteiger partial charge in [0.25, 0.3) is 0 Å². The zero-order valence-corrected chi connectivity index (χ0v) is 31.1. The quantitative estimate of drug-likeness (QED) is 0.108. The van der Waals surface area contributed by atoms with Gasteiger partial charge in [-0.05, 0) is 63.8 Å². The number of carbonyl (C=O) groups is 2. The molecule has 13 heteroatoms. The SMILES string of the molecule is CC(C)Oc1ccc(N2C(=O)C(F)(F)C(F)(F)C2=O)cc1[CH]=[Ru]([Cl])[Cl].Cc1cc(C)c(N2[CH-]N(c3c(C)cc(C)cc3C)CC2)c(C)c1. The van der Waals surface area contributed by atoms with Crippen LogP contribution in [-0.2, 0) is 23.1 Å². The first-order chi connectivity index (χ1) is 22.3. The molecule has 0 spiro atoms. The van der Waals surface area contributed by atoms with Crippen LogP contribution >= 0.6 is 19.4 Å². The number of imide groups is 1. The minimum absolute atomic E-state index is 0.217. The Hall–Kier alpha value is -3.01. The number of halogens is 6. The molecule has 2 aliphatic heterocycles. The molecule has 0 bridgehead atoms. The molecule has 6 nitrogen and oxygen atoms in total.